The van der Waals surface area contributed by atoms with Crippen molar-refractivity contribution in [3.63, 3.8) is 0 Å². The van der Waals surface area contributed by atoms with Crippen LogP contribution in [-0.2, 0) is 81.0 Å². The van der Waals surface area contributed by atoms with Gasteiger partial charge in [-0.05, 0) is 246 Å². The van der Waals surface area contributed by atoms with Gasteiger partial charge in [0.05, 0.1) is 136 Å². The molecule has 1 saturated heterocycles. The molecule has 0 aromatic heterocycles. The molecule has 3 aliphatic rings. The van der Waals surface area contributed by atoms with E-state index in [0.29, 0.717) is 88.0 Å². The molecule has 134 heavy (non-hydrogen) atoms. The van der Waals surface area contributed by atoms with Gasteiger partial charge in [0.15, 0.2) is 0 Å². The van der Waals surface area contributed by atoms with Crippen molar-refractivity contribution < 1.29 is 120 Å². The molecule has 0 spiro atoms. The summed E-state index contributed by atoms with van der Waals surface area (Å²) in [4.78, 5) is 91.4. The van der Waals surface area contributed by atoms with E-state index in [9.17, 15) is 48.6 Å². The number of unbranched alkanes of at least 4 members (excludes halogenated alkanes) is 1. The van der Waals surface area contributed by atoms with Crippen molar-refractivity contribution in [3.05, 3.63) is 171 Å². The quantitative estimate of drug-likeness (QED) is 0.00895. The maximum absolute atomic E-state index is 11.8. The number of ether oxygens (including phenoxy) is 15. The molecule has 13 unspecified atom stereocenters. The number of nitrogens with zero attached hydrogens (tertiary/aromatic N) is 6. The lowest BCUT2D eigenvalue weighted by molar-refractivity contribution is -0.157. The van der Waals surface area contributed by atoms with E-state index in [-0.39, 0.29) is 116 Å². The van der Waals surface area contributed by atoms with E-state index in [2.05, 4.69) is 62.4 Å². The summed E-state index contributed by atoms with van der Waals surface area (Å²) in [7, 11) is 4.87. The average Bonchev–Trinajstić information content (AvgIpc) is 1.66. The third kappa shape index (κ3) is 47.1. The van der Waals surface area contributed by atoms with Crippen molar-refractivity contribution in [2.75, 3.05) is 87.4 Å². The first kappa shape index (κ1) is 114. The maximum atomic E-state index is 11.8. The number of esters is 8. The number of methoxy groups -OCH3 is 3. The molecule has 6 aromatic carbocycles. The maximum Gasteiger partial charge on any atom is 0.330 e. The van der Waals surface area contributed by atoms with E-state index in [1.807, 2.05) is 204 Å². The fraction of sp³-hybridized carbons (Fsp3) is 0.534. The number of hydrogen-bond acceptors (Lipinski definition) is 31. The van der Waals surface area contributed by atoms with Crippen molar-refractivity contribution >= 4 is 81.9 Å². The van der Waals surface area contributed by atoms with E-state index < -0.39 is 30.3 Å². The SMILES string of the molecule is C=CC(=O)OC1CCC(COC(=O)C(C)C(C)C)CC1O.C=CC(=O)OCC(O)COC(=O)C(C)C(C)C.CC(C)C(C)C(=O)OCC1CCC2OC2C1.CCC(C)C(=O)OCCCCOc1ccc(N=Nc2ccc(OC)cc2)cc1.CCC(C)C(=O)OCCOc1ccc(N=Nc2ccc(OC)cc2)cc1.CCC(C)C(=O)OCCOc1ccc(N=Nc2ccc(OC)cc2)cc1. The van der Waals surface area contributed by atoms with Crippen LogP contribution in [-0.4, -0.2) is 176 Å². The fourth-order valence-corrected chi connectivity index (χ4v) is 11.6. The molecule has 2 aliphatic carbocycles. The highest BCUT2D eigenvalue weighted by Crippen LogP contribution is 2.40. The van der Waals surface area contributed by atoms with Gasteiger partial charge in [-0.25, -0.2) is 9.59 Å². The molecule has 2 N–H and O–H groups in total. The summed E-state index contributed by atoms with van der Waals surface area (Å²) in [5.74, 6) is 3.13. The first-order valence-corrected chi connectivity index (χ1v) is 46.2. The zero-order valence-electron chi connectivity index (χ0n) is 81.5. The Morgan fingerprint density at radius 1 is 0.366 bits per heavy atom. The highest BCUT2D eigenvalue weighted by atomic mass is 16.6. The summed E-state index contributed by atoms with van der Waals surface area (Å²) >= 11 is 0. The molecule has 0 radical (unpaired) electrons. The summed E-state index contributed by atoms with van der Waals surface area (Å²) in [6.45, 7) is 38.1. The van der Waals surface area contributed by atoms with Crippen molar-refractivity contribution in [3.8, 4) is 34.5 Å². The van der Waals surface area contributed by atoms with Crippen molar-refractivity contribution in [2.45, 2.75) is 205 Å². The van der Waals surface area contributed by atoms with Crippen LogP contribution < -0.4 is 28.4 Å². The standard InChI is InChI=1S/C22H28N2O4.2C20H24N2O4.C16H26O5.C13H22O3.C12H20O5/c1-4-17(2)22(25)28-16-6-5-15-27-21-13-9-19(10-14-21)24-23-18-7-11-20(26-3)12-8-18;2*1-4-15(2)20(23)26-14-13-25-19-11-7-17(8-12-19)22-21-16-5-9-18(24-3)10-6-16;1-5-15(18)21-14-7-6-12(8-13(14)17)9-20-16(19)11(4)10(2)3;1-8(2)9(3)13(14)15-7-10-4-5-11-12(6-10)16-11;1-5-11(14)16-6-10(13)7-17-12(15)9(4)8(2)3/h7-14,17H,4-6,15-16H2,1-3H3;2*5-12,15H,4,13-14H2,1-3H3;5,10-14,17H,1,6-9H2,2-4H3;8-12H,4-7H2,1-3H3;5,8-10,13H,1,6-7H2,2-4H3. The average molecular weight is 1870 g/mol. The van der Waals surface area contributed by atoms with E-state index in [0.717, 1.165) is 127 Å². The number of aliphatic hydroxyl groups is 2. The van der Waals surface area contributed by atoms with Gasteiger partial charge in [0.1, 0.15) is 86.3 Å². The Hall–Kier alpha value is -12.0. The minimum Gasteiger partial charge on any atom is -0.497 e. The Morgan fingerprint density at radius 2 is 0.672 bits per heavy atom. The van der Waals surface area contributed by atoms with Gasteiger partial charge in [-0.1, -0.05) is 117 Å². The number of carbonyl (C=O) groups excluding carboxylic acids is 8. The molecule has 9 rings (SSSR count). The van der Waals surface area contributed by atoms with Crippen LogP contribution in [0.4, 0.5) is 34.1 Å². The Labute approximate surface area is 791 Å². The van der Waals surface area contributed by atoms with Gasteiger partial charge < -0.3 is 81.3 Å². The molecule has 31 heteroatoms. The predicted molar refractivity (Wildman–Crippen MR) is 509 cm³/mol. The van der Waals surface area contributed by atoms with Gasteiger partial charge in [-0.2, -0.15) is 30.7 Å². The monoisotopic (exact) mass is 1870 g/mol. The molecule has 31 nitrogen and oxygen atoms in total. The van der Waals surface area contributed by atoms with Gasteiger partial charge in [0, 0.05) is 12.2 Å². The van der Waals surface area contributed by atoms with E-state index >= 15 is 0 Å². The Bertz CT molecular complexity index is 4360. The number of epoxide rings is 1. The lowest BCUT2D eigenvalue weighted by Gasteiger charge is -2.32. The number of carbonyl (C=O) groups is 8. The normalized spacial score (nSPS) is 17.2. The van der Waals surface area contributed by atoms with Crippen molar-refractivity contribution in [2.24, 2.45) is 95.8 Å². The van der Waals surface area contributed by atoms with Crippen molar-refractivity contribution in [1.29, 1.82) is 0 Å². The molecular weight excluding hydrogens is 1720 g/mol. The summed E-state index contributed by atoms with van der Waals surface area (Å²) in [6, 6.07) is 44.0. The molecule has 1 aliphatic heterocycles. The summed E-state index contributed by atoms with van der Waals surface area (Å²) < 4.78 is 78.3. The topological polar surface area (TPSA) is 393 Å². The van der Waals surface area contributed by atoms with Crippen LogP contribution in [0.3, 0.4) is 0 Å². The first-order valence-electron chi connectivity index (χ1n) is 46.2. The lowest BCUT2D eigenvalue weighted by atomic mass is 9.85. The zero-order valence-corrected chi connectivity index (χ0v) is 81.5. The largest absolute Gasteiger partial charge is 0.497 e. The minimum absolute atomic E-state index is 0.00788. The van der Waals surface area contributed by atoms with Gasteiger partial charge >= 0.3 is 47.8 Å². The Kier molecular flexibility index (Phi) is 55.3. The molecule has 1 heterocycles. The molecule has 13 atom stereocenters. The van der Waals surface area contributed by atoms with Crippen LogP contribution in [0.5, 0.6) is 34.5 Å². The number of benzene rings is 6. The molecule has 0 amide bonds. The second-order valence-corrected chi connectivity index (χ2v) is 33.7. The lowest BCUT2D eigenvalue weighted by Crippen LogP contribution is -2.38. The fourth-order valence-electron chi connectivity index (χ4n) is 11.6. The molecule has 736 valence electrons. The van der Waals surface area contributed by atoms with Gasteiger partial charge in [-0.3, -0.25) is 28.8 Å². The number of aliphatic hydroxyl groups excluding tert-OH is 2. The molecular formula is C103H144N6O25. The molecule has 2 saturated carbocycles. The zero-order chi connectivity index (χ0) is 98.9. The predicted octanol–water partition coefficient (Wildman–Crippen LogP) is 21.4. The third-order valence-corrected chi connectivity index (χ3v) is 22.3. The van der Waals surface area contributed by atoms with Gasteiger partial charge in [0.2, 0.25) is 0 Å². The second kappa shape index (κ2) is 64.8. The number of fused-ring (bicyclic) bond motifs is 1. The van der Waals surface area contributed by atoms with Crippen LogP contribution in [0, 0.1) is 65.1 Å². The van der Waals surface area contributed by atoms with Crippen LogP contribution in [0.2, 0.25) is 0 Å². The Morgan fingerprint density at radius 3 is 0.993 bits per heavy atom. The first-order chi connectivity index (χ1) is 64.2. The van der Waals surface area contributed by atoms with E-state index in [1.165, 1.54) is 0 Å². The van der Waals surface area contributed by atoms with E-state index in [1.54, 1.807) is 52.5 Å². The highest BCUT2D eigenvalue weighted by molar-refractivity contribution is 5.82. The molecule has 6 aromatic rings. The van der Waals surface area contributed by atoms with Crippen LogP contribution in [0.25, 0.3) is 0 Å². The van der Waals surface area contributed by atoms with Crippen LogP contribution in [0.1, 0.15) is 174 Å². The van der Waals surface area contributed by atoms with Crippen LogP contribution in [0.15, 0.2) is 202 Å². The number of rotatable bonds is 46. The summed E-state index contributed by atoms with van der Waals surface area (Å²) in [5.41, 5.74) is 4.44. The van der Waals surface area contributed by atoms with Crippen LogP contribution >= 0.6 is 0 Å². The van der Waals surface area contributed by atoms with Gasteiger partial charge in [0.25, 0.3) is 0 Å². The highest BCUT2D eigenvalue weighted by Gasteiger charge is 2.44. The van der Waals surface area contributed by atoms with Crippen molar-refractivity contribution in [1.82, 2.24) is 0 Å². The van der Waals surface area contributed by atoms with E-state index in [4.69, 9.17) is 66.3 Å². The second-order valence-electron chi connectivity index (χ2n) is 33.7. The van der Waals surface area contributed by atoms with Gasteiger partial charge in [-0.15, -0.1) is 0 Å². The molecule has 0 bridgehead atoms. The minimum atomic E-state index is -1.01. The Balaban J connectivity index is 0.000000340. The summed E-state index contributed by atoms with van der Waals surface area (Å²) in [5, 5.41) is 44.5. The molecule has 3 fully saturated rings. The third-order valence-electron chi connectivity index (χ3n) is 22.3. The smallest absolute Gasteiger partial charge is 0.330 e. The number of azo groups is 3. The number of hydrogen-bond donors (Lipinski definition) is 2. The summed E-state index contributed by atoms with van der Waals surface area (Å²) in [6.07, 6.45) is 10.0.